The molecule has 2 amide bonds. The second kappa shape index (κ2) is 7.84. The minimum atomic E-state index is -0.0797. The average molecular weight is 436 g/mol. The molecule has 156 valence electrons. The Morgan fingerprint density at radius 3 is 2.29 bits per heavy atom. The van der Waals surface area contributed by atoms with Crippen LogP contribution in [0.4, 0.5) is 0 Å². The van der Waals surface area contributed by atoms with E-state index in [2.05, 4.69) is 25.6 Å². The number of hydrogen-bond donors (Lipinski definition) is 2. The number of halogens is 1. The molecule has 3 heterocycles. The lowest BCUT2D eigenvalue weighted by Crippen LogP contribution is -2.50. The van der Waals surface area contributed by atoms with E-state index < -0.39 is 0 Å². The van der Waals surface area contributed by atoms with Crippen LogP contribution >= 0.6 is 11.6 Å². The van der Waals surface area contributed by atoms with Gasteiger partial charge in [-0.2, -0.15) is 5.21 Å². The molecule has 0 saturated carbocycles. The number of nitrogens with zero attached hydrogens (tertiary/aromatic N) is 5. The molecule has 10 heteroatoms. The Hall–Kier alpha value is -3.72. The van der Waals surface area contributed by atoms with Crippen LogP contribution in [0, 0.1) is 0 Å². The van der Waals surface area contributed by atoms with Gasteiger partial charge in [0.15, 0.2) is 0 Å². The van der Waals surface area contributed by atoms with Gasteiger partial charge in [-0.3, -0.25) is 9.59 Å². The molecule has 1 aliphatic heterocycles. The lowest BCUT2D eigenvalue weighted by atomic mass is 10.1. The highest BCUT2D eigenvalue weighted by Crippen LogP contribution is 2.22. The largest absolute Gasteiger partial charge is 0.351 e. The van der Waals surface area contributed by atoms with Crippen LogP contribution in [-0.4, -0.2) is 73.4 Å². The molecule has 0 atom stereocenters. The third-order valence-corrected chi connectivity index (χ3v) is 5.64. The van der Waals surface area contributed by atoms with Crippen molar-refractivity contribution in [3.63, 3.8) is 0 Å². The van der Waals surface area contributed by atoms with E-state index >= 15 is 0 Å². The summed E-state index contributed by atoms with van der Waals surface area (Å²) in [6.45, 7) is 1.90. The van der Waals surface area contributed by atoms with Crippen LogP contribution in [0.2, 0.25) is 5.02 Å². The SMILES string of the molecule is O=C(c1ccc(-c2nn[nH]n2)cc1)N1CCN(C(=O)c2cc3cc(Cl)ccc3[nH]2)CC1. The van der Waals surface area contributed by atoms with Crippen molar-refractivity contribution >= 4 is 34.3 Å². The topological polar surface area (TPSA) is 111 Å². The second-order valence-electron chi connectivity index (χ2n) is 7.31. The number of hydrogen-bond acceptors (Lipinski definition) is 5. The maximum absolute atomic E-state index is 12.9. The van der Waals surface area contributed by atoms with Crippen LogP contribution in [0.1, 0.15) is 20.8 Å². The van der Waals surface area contributed by atoms with E-state index in [1.165, 1.54) is 0 Å². The molecule has 31 heavy (non-hydrogen) atoms. The maximum Gasteiger partial charge on any atom is 0.270 e. The summed E-state index contributed by atoms with van der Waals surface area (Å²) in [5, 5.41) is 15.3. The number of piperazine rings is 1. The van der Waals surface area contributed by atoms with Crippen molar-refractivity contribution in [1.82, 2.24) is 35.4 Å². The van der Waals surface area contributed by atoms with Gasteiger partial charge < -0.3 is 14.8 Å². The Labute approximate surface area is 182 Å². The van der Waals surface area contributed by atoms with Crippen molar-refractivity contribution in [2.24, 2.45) is 0 Å². The summed E-state index contributed by atoms with van der Waals surface area (Å²) in [6.07, 6.45) is 0. The molecule has 1 saturated heterocycles. The molecular formula is C21H18ClN7O2. The fraction of sp³-hybridized carbons (Fsp3) is 0.190. The van der Waals surface area contributed by atoms with Gasteiger partial charge in [0.1, 0.15) is 5.69 Å². The predicted octanol–water partition coefficient (Wildman–Crippen LogP) is 2.60. The standard InChI is InChI=1S/C21H18ClN7O2/c22-16-5-6-17-15(11-16)12-18(23-17)21(31)29-9-7-28(8-10-29)20(30)14-3-1-13(2-4-14)19-24-26-27-25-19/h1-6,11-12,23H,7-10H2,(H,24,25,26,27). The quantitative estimate of drug-likeness (QED) is 0.514. The summed E-state index contributed by atoms with van der Waals surface area (Å²) in [4.78, 5) is 32.4. The van der Waals surface area contributed by atoms with Gasteiger partial charge in [-0.15, -0.1) is 10.2 Å². The summed E-state index contributed by atoms with van der Waals surface area (Å²) >= 11 is 6.03. The zero-order valence-electron chi connectivity index (χ0n) is 16.4. The van der Waals surface area contributed by atoms with E-state index in [0.29, 0.717) is 48.3 Å². The number of carbonyl (C=O) groups excluding carboxylic acids is 2. The Bertz CT molecular complexity index is 1240. The van der Waals surface area contributed by atoms with Crippen molar-refractivity contribution in [1.29, 1.82) is 0 Å². The van der Waals surface area contributed by atoms with E-state index in [1.807, 2.05) is 18.2 Å². The second-order valence-corrected chi connectivity index (χ2v) is 7.75. The molecule has 0 bridgehead atoms. The number of amides is 2. The molecule has 4 aromatic rings. The first-order chi connectivity index (χ1) is 15.1. The highest BCUT2D eigenvalue weighted by molar-refractivity contribution is 6.31. The lowest BCUT2D eigenvalue weighted by Gasteiger charge is -2.34. The van der Waals surface area contributed by atoms with Gasteiger partial charge in [0.05, 0.1) is 0 Å². The van der Waals surface area contributed by atoms with Gasteiger partial charge >= 0.3 is 0 Å². The number of rotatable bonds is 3. The molecule has 0 spiro atoms. The van der Waals surface area contributed by atoms with E-state index in [1.54, 1.807) is 40.1 Å². The van der Waals surface area contributed by atoms with Gasteiger partial charge in [0.25, 0.3) is 11.8 Å². The fourth-order valence-corrected chi connectivity index (χ4v) is 3.91. The molecule has 1 aliphatic rings. The Morgan fingerprint density at radius 1 is 0.903 bits per heavy atom. The highest BCUT2D eigenvalue weighted by Gasteiger charge is 2.26. The summed E-state index contributed by atoms with van der Waals surface area (Å²) in [7, 11) is 0. The monoisotopic (exact) mass is 435 g/mol. The van der Waals surface area contributed by atoms with Gasteiger partial charge in [0, 0.05) is 53.2 Å². The Balaban J connectivity index is 1.23. The van der Waals surface area contributed by atoms with Crippen molar-refractivity contribution in [2.75, 3.05) is 26.2 Å². The summed E-state index contributed by atoms with van der Waals surface area (Å²) < 4.78 is 0. The Morgan fingerprint density at radius 2 is 1.61 bits per heavy atom. The first-order valence-electron chi connectivity index (χ1n) is 9.79. The van der Waals surface area contributed by atoms with Gasteiger partial charge in [-0.05, 0) is 41.6 Å². The highest BCUT2D eigenvalue weighted by atomic mass is 35.5. The average Bonchev–Trinajstić information content (AvgIpc) is 3.48. The summed E-state index contributed by atoms with van der Waals surface area (Å²) in [5.74, 6) is 0.335. The number of fused-ring (bicyclic) bond motifs is 1. The molecule has 2 aromatic heterocycles. The molecule has 0 radical (unpaired) electrons. The summed E-state index contributed by atoms with van der Waals surface area (Å²) in [5.41, 5.74) is 2.75. The summed E-state index contributed by atoms with van der Waals surface area (Å²) in [6, 6.07) is 14.4. The maximum atomic E-state index is 12.9. The normalized spacial score (nSPS) is 14.2. The first-order valence-corrected chi connectivity index (χ1v) is 10.2. The number of tetrazole rings is 1. The molecule has 1 fully saturated rings. The smallest absolute Gasteiger partial charge is 0.270 e. The molecule has 2 N–H and O–H groups in total. The minimum Gasteiger partial charge on any atom is -0.351 e. The van der Waals surface area contributed by atoms with Crippen LogP contribution in [-0.2, 0) is 0 Å². The molecule has 0 unspecified atom stereocenters. The van der Waals surface area contributed by atoms with Crippen LogP contribution < -0.4 is 0 Å². The molecule has 2 aromatic carbocycles. The van der Waals surface area contributed by atoms with Crippen molar-refractivity contribution in [3.8, 4) is 11.4 Å². The minimum absolute atomic E-state index is 0.0629. The van der Waals surface area contributed by atoms with Crippen molar-refractivity contribution in [2.45, 2.75) is 0 Å². The number of aromatic amines is 2. The zero-order chi connectivity index (χ0) is 21.4. The third-order valence-electron chi connectivity index (χ3n) is 5.40. The molecular weight excluding hydrogens is 418 g/mol. The molecule has 9 nitrogen and oxygen atoms in total. The van der Waals surface area contributed by atoms with E-state index in [-0.39, 0.29) is 11.8 Å². The van der Waals surface area contributed by atoms with Crippen molar-refractivity contribution < 1.29 is 9.59 Å². The molecule has 0 aliphatic carbocycles. The van der Waals surface area contributed by atoms with E-state index in [0.717, 1.165) is 16.5 Å². The van der Waals surface area contributed by atoms with Gasteiger partial charge in [-0.1, -0.05) is 23.7 Å². The first kappa shape index (κ1) is 19.3. The molecule has 5 rings (SSSR count). The van der Waals surface area contributed by atoms with Crippen LogP contribution in [0.15, 0.2) is 48.5 Å². The number of H-pyrrole nitrogens is 2. The lowest BCUT2D eigenvalue weighted by molar-refractivity contribution is 0.0533. The van der Waals surface area contributed by atoms with E-state index in [4.69, 9.17) is 11.6 Å². The van der Waals surface area contributed by atoms with Crippen molar-refractivity contribution in [3.05, 3.63) is 64.8 Å². The third kappa shape index (κ3) is 3.75. The van der Waals surface area contributed by atoms with Crippen LogP contribution in [0.5, 0.6) is 0 Å². The van der Waals surface area contributed by atoms with Crippen LogP contribution in [0.3, 0.4) is 0 Å². The van der Waals surface area contributed by atoms with Gasteiger partial charge in [-0.25, -0.2) is 0 Å². The zero-order valence-corrected chi connectivity index (χ0v) is 17.1. The number of benzene rings is 2. The predicted molar refractivity (Wildman–Crippen MR) is 115 cm³/mol. The number of carbonyl (C=O) groups is 2. The Kier molecular flexibility index (Phi) is 4.87. The number of aromatic nitrogens is 5. The number of nitrogens with one attached hydrogen (secondary N) is 2. The van der Waals surface area contributed by atoms with Crippen LogP contribution in [0.25, 0.3) is 22.3 Å². The fourth-order valence-electron chi connectivity index (χ4n) is 3.73. The van der Waals surface area contributed by atoms with Gasteiger partial charge in [0.2, 0.25) is 5.82 Å². The van der Waals surface area contributed by atoms with E-state index in [9.17, 15) is 9.59 Å².